The lowest BCUT2D eigenvalue weighted by atomic mass is 10.1. The van der Waals surface area contributed by atoms with Gasteiger partial charge in [-0.2, -0.15) is 0 Å². The van der Waals surface area contributed by atoms with Gasteiger partial charge in [0.05, 0.1) is 5.56 Å². The van der Waals surface area contributed by atoms with Crippen molar-refractivity contribution in [3.05, 3.63) is 65.7 Å². The van der Waals surface area contributed by atoms with Crippen molar-refractivity contribution in [2.24, 2.45) is 0 Å². The van der Waals surface area contributed by atoms with Crippen molar-refractivity contribution in [1.29, 1.82) is 0 Å². The van der Waals surface area contributed by atoms with Gasteiger partial charge in [0.2, 0.25) is 0 Å². The number of aliphatic carboxylic acids is 1. The molecule has 0 saturated heterocycles. The number of carboxylic acid groups (broad SMARTS) is 1. The van der Waals surface area contributed by atoms with E-state index in [9.17, 15) is 19.8 Å². The van der Waals surface area contributed by atoms with E-state index >= 15 is 0 Å². The van der Waals surface area contributed by atoms with Crippen LogP contribution in [-0.2, 0) is 16.1 Å². The van der Waals surface area contributed by atoms with Crippen molar-refractivity contribution in [2.45, 2.75) is 12.5 Å². The Kier molecular flexibility index (Phi) is 5.32. The maximum absolute atomic E-state index is 12.0. The molecular formula is C17H17NO5. The third-order valence-corrected chi connectivity index (χ3v) is 3.33. The monoisotopic (exact) mass is 315 g/mol. The summed E-state index contributed by atoms with van der Waals surface area (Å²) in [4.78, 5) is 28.6. The highest BCUT2D eigenvalue weighted by Crippen LogP contribution is 2.14. The number of likely N-dealkylation sites (N-methyl/N-ethyl adjacent to an activating group) is 1. The van der Waals surface area contributed by atoms with Crippen LogP contribution in [0, 0.1) is 0 Å². The molecule has 0 heterocycles. The number of hydroxylamine groups is 2. The summed E-state index contributed by atoms with van der Waals surface area (Å²) < 4.78 is 0. The van der Waals surface area contributed by atoms with Crippen LogP contribution in [-0.4, -0.2) is 40.3 Å². The van der Waals surface area contributed by atoms with Gasteiger partial charge in [0.25, 0.3) is 0 Å². The van der Waals surface area contributed by atoms with Gasteiger partial charge in [-0.3, -0.25) is 4.79 Å². The van der Waals surface area contributed by atoms with Crippen molar-refractivity contribution < 1.29 is 24.6 Å². The fraction of sp³-hybridized carbons (Fsp3) is 0.176. The first kappa shape index (κ1) is 16.5. The molecule has 2 aromatic carbocycles. The fourth-order valence-electron chi connectivity index (χ4n) is 2.05. The van der Waals surface area contributed by atoms with Gasteiger partial charge < -0.3 is 15.1 Å². The van der Waals surface area contributed by atoms with Gasteiger partial charge in [-0.15, -0.1) is 5.06 Å². The summed E-state index contributed by atoms with van der Waals surface area (Å²) in [6.45, 7) is 0. The number of hydrogen-bond acceptors (Lipinski definition) is 5. The zero-order valence-corrected chi connectivity index (χ0v) is 12.5. The molecule has 0 aliphatic heterocycles. The van der Waals surface area contributed by atoms with Crippen LogP contribution in [0.1, 0.15) is 15.9 Å². The average Bonchev–Trinajstić information content (AvgIpc) is 2.54. The smallest absolute Gasteiger partial charge is 0.357 e. The second-order valence-electron chi connectivity index (χ2n) is 5.02. The van der Waals surface area contributed by atoms with Gasteiger partial charge in [-0.25, -0.2) is 4.79 Å². The molecule has 0 radical (unpaired) electrons. The number of carbonyl (C=O) groups excluding carboxylic acids is 1. The Bertz CT molecular complexity index is 669. The van der Waals surface area contributed by atoms with Crippen LogP contribution in [0.3, 0.4) is 0 Å². The molecule has 0 aromatic heterocycles. The number of benzene rings is 2. The van der Waals surface area contributed by atoms with Gasteiger partial charge in [0, 0.05) is 13.5 Å². The zero-order valence-electron chi connectivity index (χ0n) is 12.5. The summed E-state index contributed by atoms with van der Waals surface area (Å²) in [6.07, 6.45) is 0.133. The van der Waals surface area contributed by atoms with E-state index in [1.165, 1.54) is 19.2 Å². The summed E-state index contributed by atoms with van der Waals surface area (Å²) in [7, 11) is 1.40. The van der Waals surface area contributed by atoms with E-state index in [-0.39, 0.29) is 12.2 Å². The van der Waals surface area contributed by atoms with Crippen LogP contribution < -0.4 is 0 Å². The number of carboxylic acids is 1. The zero-order chi connectivity index (χ0) is 16.8. The highest BCUT2D eigenvalue weighted by Gasteiger charge is 2.26. The second-order valence-corrected chi connectivity index (χ2v) is 5.02. The maximum atomic E-state index is 12.0. The first-order valence-corrected chi connectivity index (χ1v) is 6.98. The van der Waals surface area contributed by atoms with Gasteiger partial charge >= 0.3 is 11.9 Å². The number of carbonyl (C=O) groups is 2. The minimum atomic E-state index is -1.11. The molecule has 0 aliphatic carbocycles. The third kappa shape index (κ3) is 4.55. The van der Waals surface area contributed by atoms with E-state index < -0.39 is 18.0 Å². The summed E-state index contributed by atoms with van der Waals surface area (Å²) >= 11 is 0. The van der Waals surface area contributed by atoms with Gasteiger partial charge in [-0.1, -0.05) is 30.3 Å². The third-order valence-electron chi connectivity index (χ3n) is 3.33. The molecule has 2 aromatic rings. The van der Waals surface area contributed by atoms with Gasteiger partial charge in [0.15, 0.2) is 0 Å². The minimum absolute atomic E-state index is 0.101. The van der Waals surface area contributed by atoms with E-state index in [0.29, 0.717) is 11.1 Å². The molecule has 0 aliphatic rings. The number of rotatable bonds is 6. The average molecular weight is 315 g/mol. The van der Waals surface area contributed by atoms with Crippen LogP contribution in [0.15, 0.2) is 54.6 Å². The quantitative estimate of drug-likeness (QED) is 0.794. The summed E-state index contributed by atoms with van der Waals surface area (Å²) in [5, 5.41) is 19.7. The Morgan fingerprint density at radius 2 is 1.70 bits per heavy atom. The second kappa shape index (κ2) is 7.42. The summed E-state index contributed by atoms with van der Waals surface area (Å²) in [5.74, 6) is -1.63. The van der Waals surface area contributed by atoms with Crippen LogP contribution in [0.25, 0.3) is 0 Å². The van der Waals surface area contributed by atoms with Crippen molar-refractivity contribution in [2.75, 3.05) is 7.05 Å². The van der Waals surface area contributed by atoms with Gasteiger partial charge in [0.1, 0.15) is 11.8 Å². The van der Waals surface area contributed by atoms with E-state index in [1.54, 1.807) is 42.5 Å². The Morgan fingerprint density at radius 1 is 1.09 bits per heavy atom. The lowest BCUT2D eigenvalue weighted by molar-refractivity contribution is -0.164. The van der Waals surface area contributed by atoms with Crippen LogP contribution in [0.2, 0.25) is 0 Å². The van der Waals surface area contributed by atoms with Crippen molar-refractivity contribution in [3.63, 3.8) is 0 Å². The number of phenols is 1. The molecule has 23 heavy (non-hydrogen) atoms. The lowest BCUT2D eigenvalue weighted by Crippen LogP contribution is -2.41. The van der Waals surface area contributed by atoms with E-state index in [0.717, 1.165) is 5.06 Å². The fourth-order valence-corrected chi connectivity index (χ4v) is 2.05. The van der Waals surface area contributed by atoms with E-state index in [4.69, 9.17) is 4.84 Å². The first-order chi connectivity index (χ1) is 11.0. The SMILES string of the molecule is CN(OC(=O)c1ccccc1)[C@@H](Cc1ccc(O)cc1)C(=O)O. The van der Waals surface area contributed by atoms with Crippen LogP contribution >= 0.6 is 0 Å². The Balaban J connectivity index is 2.06. The van der Waals surface area contributed by atoms with Crippen molar-refractivity contribution in [3.8, 4) is 5.75 Å². The molecule has 0 unspecified atom stereocenters. The first-order valence-electron chi connectivity index (χ1n) is 6.98. The van der Waals surface area contributed by atoms with Crippen molar-refractivity contribution in [1.82, 2.24) is 5.06 Å². The summed E-state index contributed by atoms with van der Waals surface area (Å²) in [5.41, 5.74) is 1.05. The van der Waals surface area contributed by atoms with Crippen LogP contribution in [0.4, 0.5) is 0 Å². The molecule has 6 nitrogen and oxygen atoms in total. The lowest BCUT2D eigenvalue weighted by Gasteiger charge is -2.23. The predicted octanol–water partition coefficient (Wildman–Crippen LogP) is 2.09. The number of hydrogen-bond donors (Lipinski definition) is 2. The number of nitrogens with zero attached hydrogens (tertiary/aromatic N) is 1. The number of aromatic hydroxyl groups is 1. The molecule has 0 bridgehead atoms. The highest BCUT2D eigenvalue weighted by atomic mass is 16.7. The van der Waals surface area contributed by atoms with E-state index in [2.05, 4.69) is 0 Å². The molecule has 0 saturated carbocycles. The Hall–Kier alpha value is -2.86. The molecule has 0 spiro atoms. The molecular weight excluding hydrogens is 298 g/mol. The minimum Gasteiger partial charge on any atom is -0.508 e. The van der Waals surface area contributed by atoms with E-state index in [1.807, 2.05) is 0 Å². The molecule has 2 rings (SSSR count). The van der Waals surface area contributed by atoms with Crippen molar-refractivity contribution >= 4 is 11.9 Å². The Labute approximate surface area is 133 Å². The normalized spacial score (nSPS) is 11.9. The molecule has 120 valence electrons. The topological polar surface area (TPSA) is 87.1 Å². The molecule has 0 amide bonds. The molecule has 2 N–H and O–H groups in total. The summed E-state index contributed by atoms with van der Waals surface area (Å²) in [6, 6.07) is 13.5. The molecule has 1 atom stereocenters. The highest BCUT2D eigenvalue weighted by molar-refractivity contribution is 5.89. The Morgan fingerprint density at radius 3 is 2.26 bits per heavy atom. The van der Waals surface area contributed by atoms with Gasteiger partial charge in [-0.05, 0) is 29.8 Å². The standard InChI is InChI=1S/C17H17NO5/c1-18(23-17(22)13-5-3-2-4-6-13)15(16(20)21)11-12-7-9-14(19)10-8-12/h2-10,15,19H,11H2,1H3,(H,20,21)/t15-/m0/s1. The number of phenolic OH excluding ortho intramolecular Hbond substituents is 1. The predicted molar refractivity (Wildman–Crippen MR) is 82.9 cm³/mol. The van der Waals surface area contributed by atoms with Crippen LogP contribution in [0.5, 0.6) is 5.75 Å². The molecule has 0 fully saturated rings. The molecule has 6 heteroatoms. The maximum Gasteiger partial charge on any atom is 0.357 e. The largest absolute Gasteiger partial charge is 0.508 e.